The smallest absolute Gasteiger partial charge is 0.0180 e. The van der Waals surface area contributed by atoms with Crippen molar-refractivity contribution in [1.29, 1.82) is 0 Å². The summed E-state index contributed by atoms with van der Waals surface area (Å²) in [7, 11) is 0. The highest BCUT2D eigenvalue weighted by Crippen LogP contribution is 2.15. The molecule has 0 amide bonds. The summed E-state index contributed by atoms with van der Waals surface area (Å²) in [4.78, 5) is 0.676. The minimum absolute atomic E-state index is 0.676. The molecule has 0 heterocycles. The van der Waals surface area contributed by atoms with Crippen LogP contribution in [0.2, 0.25) is 0 Å². The average molecular weight is 205 g/mol. The van der Waals surface area contributed by atoms with Gasteiger partial charge in [-0.05, 0) is 26.2 Å². The SMILES string of the molecule is CCC=C(C)CC(Br)CC. The first-order valence-electron chi connectivity index (χ1n) is 4.00. The molecule has 0 saturated carbocycles. The Morgan fingerprint density at radius 3 is 2.50 bits per heavy atom. The van der Waals surface area contributed by atoms with Crippen molar-refractivity contribution in [2.24, 2.45) is 0 Å². The third-order valence-electron chi connectivity index (χ3n) is 1.54. The third kappa shape index (κ3) is 5.04. The zero-order valence-corrected chi connectivity index (χ0v) is 8.74. The number of alkyl halides is 1. The molecule has 0 aliphatic heterocycles. The zero-order chi connectivity index (χ0) is 7.98. The quantitative estimate of drug-likeness (QED) is 0.482. The van der Waals surface area contributed by atoms with Crippen molar-refractivity contribution in [1.82, 2.24) is 0 Å². The second-order valence-corrected chi connectivity index (χ2v) is 3.96. The Labute approximate surface area is 72.8 Å². The van der Waals surface area contributed by atoms with Crippen LogP contribution in [0, 0.1) is 0 Å². The molecule has 0 saturated heterocycles. The van der Waals surface area contributed by atoms with Crippen molar-refractivity contribution in [2.75, 3.05) is 0 Å². The summed E-state index contributed by atoms with van der Waals surface area (Å²) in [5.41, 5.74) is 1.51. The molecule has 0 aliphatic carbocycles. The molecular formula is C9H17Br. The van der Waals surface area contributed by atoms with Gasteiger partial charge in [0, 0.05) is 4.83 Å². The summed E-state index contributed by atoms with van der Waals surface area (Å²) >= 11 is 3.61. The lowest BCUT2D eigenvalue weighted by molar-refractivity contribution is 0.817. The van der Waals surface area contributed by atoms with Crippen LogP contribution in [-0.4, -0.2) is 4.83 Å². The topological polar surface area (TPSA) is 0 Å². The van der Waals surface area contributed by atoms with Gasteiger partial charge < -0.3 is 0 Å². The Kier molecular flexibility index (Phi) is 6.10. The summed E-state index contributed by atoms with van der Waals surface area (Å²) in [6.45, 7) is 6.59. The Bertz CT molecular complexity index is 105. The highest BCUT2D eigenvalue weighted by Gasteiger charge is 1.99. The fourth-order valence-electron chi connectivity index (χ4n) is 0.925. The Hall–Kier alpha value is 0.220. The van der Waals surface area contributed by atoms with E-state index < -0.39 is 0 Å². The molecule has 0 radical (unpaired) electrons. The summed E-state index contributed by atoms with van der Waals surface area (Å²) in [6, 6.07) is 0. The maximum Gasteiger partial charge on any atom is 0.0180 e. The molecule has 1 unspecified atom stereocenters. The second kappa shape index (κ2) is 5.96. The van der Waals surface area contributed by atoms with E-state index >= 15 is 0 Å². The highest BCUT2D eigenvalue weighted by atomic mass is 79.9. The molecular weight excluding hydrogens is 188 g/mol. The van der Waals surface area contributed by atoms with Gasteiger partial charge in [-0.25, -0.2) is 0 Å². The van der Waals surface area contributed by atoms with E-state index in [2.05, 4.69) is 42.8 Å². The molecule has 0 aromatic carbocycles. The lowest BCUT2D eigenvalue weighted by atomic mass is 10.1. The summed E-state index contributed by atoms with van der Waals surface area (Å²) < 4.78 is 0. The molecule has 60 valence electrons. The summed E-state index contributed by atoms with van der Waals surface area (Å²) in [5, 5.41) is 0. The lowest BCUT2D eigenvalue weighted by Crippen LogP contribution is -1.94. The Morgan fingerprint density at radius 2 is 2.10 bits per heavy atom. The Morgan fingerprint density at radius 1 is 1.50 bits per heavy atom. The van der Waals surface area contributed by atoms with Gasteiger partial charge in [0.05, 0.1) is 0 Å². The van der Waals surface area contributed by atoms with Crippen molar-refractivity contribution in [3.05, 3.63) is 11.6 Å². The predicted octanol–water partition coefficient (Wildman–Crippen LogP) is 3.91. The fraction of sp³-hybridized carbons (Fsp3) is 0.778. The summed E-state index contributed by atoms with van der Waals surface area (Å²) in [5.74, 6) is 0. The van der Waals surface area contributed by atoms with E-state index in [1.807, 2.05) is 0 Å². The van der Waals surface area contributed by atoms with Crippen LogP contribution in [-0.2, 0) is 0 Å². The third-order valence-corrected chi connectivity index (χ3v) is 2.51. The molecule has 0 N–H and O–H groups in total. The van der Waals surface area contributed by atoms with Crippen LogP contribution >= 0.6 is 15.9 Å². The van der Waals surface area contributed by atoms with Crippen LogP contribution in [0.4, 0.5) is 0 Å². The second-order valence-electron chi connectivity index (χ2n) is 2.67. The standard InChI is InChI=1S/C9H17Br/c1-4-6-8(3)7-9(10)5-2/h6,9H,4-5,7H2,1-3H3. The molecule has 0 aliphatic rings. The van der Waals surface area contributed by atoms with Crippen LogP contribution in [0.25, 0.3) is 0 Å². The van der Waals surface area contributed by atoms with Gasteiger partial charge in [0.2, 0.25) is 0 Å². The van der Waals surface area contributed by atoms with E-state index in [4.69, 9.17) is 0 Å². The molecule has 0 spiro atoms. The van der Waals surface area contributed by atoms with Crippen molar-refractivity contribution >= 4 is 15.9 Å². The number of rotatable bonds is 4. The maximum atomic E-state index is 3.61. The van der Waals surface area contributed by atoms with Gasteiger partial charge in [0.1, 0.15) is 0 Å². The average Bonchev–Trinajstić information content (AvgIpc) is 1.88. The van der Waals surface area contributed by atoms with E-state index in [0.29, 0.717) is 4.83 Å². The van der Waals surface area contributed by atoms with E-state index in [9.17, 15) is 0 Å². The van der Waals surface area contributed by atoms with Gasteiger partial charge in [-0.2, -0.15) is 0 Å². The molecule has 0 aromatic heterocycles. The van der Waals surface area contributed by atoms with E-state index in [1.165, 1.54) is 18.4 Å². The van der Waals surface area contributed by atoms with Crippen LogP contribution in [0.1, 0.15) is 40.0 Å². The minimum atomic E-state index is 0.676. The van der Waals surface area contributed by atoms with E-state index in [-0.39, 0.29) is 0 Å². The van der Waals surface area contributed by atoms with Crippen molar-refractivity contribution in [3.8, 4) is 0 Å². The van der Waals surface area contributed by atoms with E-state index in [1.54, 1.807) is 0 Å². The van der Waals surface area contributed by atoms with Crippen LogP contribution < -0.4 is 0 Å². The Balaban J connectivity index is 3.56. The molecule has 0 aromatic rings. The number of allylic oxidation sites excluding steroid dienone is 2. The predicted molar refractivity (Wildman–Crippen MR) is 51.7 cm³/mol. The maximum absolute atomic E-state index is 3.61. The summed E-state index contributed by atoms with van der Waals surface area (Å²) in [6.07, 6.45) is 5.87. The minimum Gasteiger partial charge on any atom is -0.0887 e. The van der Waals surface area contributed by atoms with Gasteiger partial charge in [-0.1, -0.05) is 41.4 Å². The molecule has 1 heteroatoms. The molecule has 0 rings (SSSR count). The monoisotopic (exact) mass is 204 g/mol. The van der Waals surface area contributed by atoms with Gasteiger partial charge in [0.25, 0.3) is 0 Å². The van der Waals surface area contributed by atoms with Gasteiger partial charge in [-0.15, -0.1) is 0 Å². The molecule has 0 fully saturated rings. The normalized spacial score (nSPS) is 15.4. The lowest BCUT2D eigenvalue weighted by Gasteiger charge is -2.05. The first kappa shape index (κ1) is 10.2. The van der Waals surface area contributed by atoms with Crippen molar-refractivity contribution in [3.63, 3.8) is 0 Å². The molecule has 10 heavy (non-hydrogen) atoms. The number of hydrogen-bond acceptors (Lipinski definition) is 0. The first-order valence-corrected chi connectivity index (χ1v) is 4.92. The van der Waals surface area contributed by atoms with Crippen LogP contribution in [0.15, 0.2) is 11.6 Å². The molecule has 1 atom stereocenters. The van der Waals surface area contributed by atoms with Gasteiger partial charge in [0.15, 0.2) is 0 Å². The fourth-order valence-corrected chi connectivity index (χ4v) is 1.44. The van der Waals surface area contributed by atoms with Gasteiger partial charge >= 0.3 is 0 Å². The molecule has 0 bridgehead atoms. The van der Waals surface area contributed by atoms with Crippen LogP contribution in [0.5, 0.6) is 0 Å². The first-order chi connectivity index (χ1) is 4.70. The number of hydrogen-bond donors (Lipinski definition) is 0. The number of halogens is 1. The van der Waals surface area contributed by atoms with E-state index in [0.717, 1.165) is 6.42 Å². The highest BCUT2D eigenvalue weighted by molar-refractivity contribution is 9.09. The molecule has 0 nitrogen and oxygen atoms in total. The van der Waals surface area contributed by atoms with Gasteiger partial charge in [-0.3, -0.25) is 0 Å². The van der Waals surface area contributed by atoms with Crippen molar-refractivity contribution < 1.29 is 0 Å². The zero-order valence-electron chi connectivity index (χ0n) is 7.15. The van der Waals surface area contributed by atoms with Crippen LogP contribution in [0.3, 0.4) is 0 Å². The van der Waals surface area contributed by atoms with Crippen molar-refractivity contribution in [2.45, 2.75) is 44.9 Å². The largest absolute Gasteiger partial charge is 0.0887 e.